The number of aromatic amines is 1. The molecule has 0 unspecified atom stereocenters. The highest BCUT2D eigenvalue weighted by atomic mass is 19.1. The first-order valence-corrected chi connectivity index (χ1v) is 21.1. The smallest absolute Gasteiger partial charge is 0.408 e. The summed E-state index contributed by atoms with van der Waals surface area (Å²) in [7, 11) is 0. The van der Waals surface area contributed by atoms with Gasteiger partial charge in [-0.25, -0.2) is 14.3 Å². The minimum absolute atomic E-state index is 0.000575. The number of H-pyrrole nitrogens is 1. The Morgan fingerprint density at radius 3 is 2.29 bits per heavy atom. The number of hydrogen-bond donors (Lipinski definition) is 2. The van der Waals surface area contributed by atoms with Gasteiger partial charge in [0.2, 0.25) is 11.8 Å². The zero-order valence-corrected chi connectivity index (χ0v) is 34.2. The molecule has 2 atom stereocenters. The van der Waals surface area contributed by atoms with Crippen LogP contribution in [0.5, 0.6) is 0 Å². The third-order valence-corrected chi connectivity index (χ3v) is 12.5. The van der Waals surface area contributed by atoms with E-state index in [9.17, 15) is 24.0 Å². The summed E-state index contributed by atoms with van der Waals surface area (Å²) in [4.78, 5) is 74.3. The van der Waals surface area contributed by atoms with Crippen molar-refractivity contribution in [3.8, 4) is 0 Å². The number of ether oxygens (including phenoxy) is 1. The molecule has 4 fully saturated rings. The van der Waals surface area contributed by atoms with Crippen LogP contribution in [0.1, 0.15) is 100 Å². The molecule has 2 aromatic carbocycles. The Bertz CT molecular complexity index is 2050. The number of likely N-dealkylation sites (tertiary alicyclic amines) is 2. The maximum Gasteiger partial charge on any atom is 0.408 e. The molecule has 58 heavy (non-hydrogen) atoms. The van der Waals surface area contributed by atoms with Gasteiger partial charge >= 0.3 is 6.09 Å². The molecule has 3 saturated heterocycles. The van der Waals surface area contributed by atoms with Crippen molar-refractivity contribution < 1.29 is 28.3 Å². The van der Waals surface area contributed by atoms with Crippen molar-refractivity contribution in [3.05, 3.63) is 75.5 Å². The lowest BCUT2D eigenvalue weighted by atomic mass is 9.73. The molecule has 312 valence electrons. The molecular weight excluding hydrogens is 742 g/mol. The van der Waals surface area contributed by atoms with E-state index in [0.717, 1.165) is 64.3 Å². The molecule has 1 aromatic heterocycles. The third kappa shape index (κ3) is 9.70. The van der Waals surface area contributed by atoms with E-state index in [2.05, 4.69) is 20.4 Å². The Balaban J connectivity index is 0.935. The van der Waals surface area contributed by atoms with E-state index in [1.807, 2.05) is 37.8 Å². The highest BCUT2D eigenvalue weighted by Crippen LogP contribution is 2.39. The maximum absolute atomic E-state index is 15.1. The molecule has 1 aliphatic carbocycles. The van der Waals surface area contributed by atoms with Crippen molar-refractivity contribution in [3.63, 3.8) is 0 Å². The van der Waals surface area contributed by atoms with Crippen LogP contribution in [0, 0.1) is 17.2 Å². The zero-order valence-electron chi connectivity index (χ0n) is 34.2. The molecule has 1 spiro atoms. The first-order valence-electron chi connectivity index (χ1n) is 21.1. The number of amides is 4. The van der Waals surface area contributed by atoms with Gasteiger partial charge in [-0.05, 0) is 95.5 Å². The lowest BCUT2D eigenvalue weighted by Gasteiger charge is -2.49. The van der Waals surface area contributed by atoms with Crippen molar-refractivity contribution in [2.45, 2.75) is 96.6 Å². The van der Waals surface area contributed by atoms with Crippen LogP contribution in [0.4, 0.5) is 9.18 Å². The number of aromatic nitrogens is 2. The predicted octanol–water partition coefficient (Wildman–Crippen LogP) is 5.12. The fourth-order valence-corrected chi connectivity index (χ4v) is 9.62. The second-order valence-electron chi connectivity index (χ2n) is 17.9. The zero-order chi connectivity index (χ0) is 41.0. The van der Waals surface area contributed by atoms with Crippen molar-refractivity contribution in [2.75, 3.05) is 58.9 Å². The van der Waals surface area contributed by atoms with Gasteiger partial charge in [0.25, 0.3) is 11.5 Å². The number of halogens is 1. The van der Waals surface area contributed by atoms with Gasteiger partial charge in [0.15, 0.2) is 0 Å². The van der Waals surface area contributed by atoms with Gasteiger partial charge in [-0.3, -0.25) is 24.1 Å². The molecule has 0 radical (unpaired) electrons. The summed E-state index contributed by atoms with van der Waals surface area (Å²) < 4.78 is 20.7. The molecule has 4 heterocycles. The average Bonchev–Trinajstić information content (AvgIpc) is 3.21. The maximum atomic E-state index is 15.1. The molecule has 3 aromatic rings. The summed E-state index contributed by atoms with van der Waals surface area (Å²) in [6.07, 6.45) is 8.56. The fraction of sp³-hybridized carbons (Fsp3) is 0.591. The van der Waals surface area contributed by atoms with E-state index in [1.54, 1.807) is 34.1 Å². The van der Waals surface area contributed by atoms with Crippen molar-refractivity contribution in [2.24, 2.45) is 11.3 Å². The summed E-state index contributed by atoms with van der Waals surface area (Å²) in [5.41, 5.74) is 0.205. The molecule has 7 rings (SSSR count). The average molecular weight is 800 g/mol. The number of nitrogens with one attached hydrogen (secondary N) is 2. The second-order valence-corrected chi connectivity index (χ2v) is 17.9. The second kappa shape index (κ2) is 17.6. The fourth-order valence-electron chi connectivity index (χ4n) is 9.62. The van der Waals surface area contributed by atoms with Crippen LogP contribution in [0.2, 0.25) is 0 Å². The Labute approximate surface area is 339 Å². The van der Waals surface area contributed by atoms with E-state index in [1.165, 1.54) is 6.07 Å². The molecule has 14 heteroatoms. The minimum atomic E-state index is -0.664. The van der Waals surface area contributed by atoms with E-state index in [-0.39, 0.29) is 40.8 Å². The van der Waals surface area contributed by atoms with E-state index in [4.69, 9.17) is 4.74 Å². The largest absolute Gasteiger partial charge is 0.444 e. The number of carbonyl (C=O) groups is 4. The van der Waals surface area contributed by atoms with Crippen molar-refractivity contribution in [1.82, 2.24) is 35.1 Å². The topological polar surface area (TPSA) is 148 Å². The van der Waals surface area contributed by atoms with Crippen LogP contribution in [-0.4, -0.2) is 124 Å². The van der Waals surface area contributed by atoms with Gasteiger partial charge in [0.05, 0.1) is 23.2 Å². The number of rotatable bonds is 8. The molecule has 4 aliphatic rings. The molecule has 2 N–H and O–H groups in total. The van der Waals surface area contributed by atoms with E-state index < -0.39 is 29.5 Å². The summed E-state index contributed by atoms with van der Waals surface area (Å²) in [5, 5.41) is 10.9. The molecule has 0 bridgehead atoms. The van der Waals surface area contributed by atoms with Crippen LogP contribution < -0.4 is 10.9 Å². The van der Waals surface area contributed by atoms with Crippen molar-refractivity contribution in [1.29, 1.82) is 0 Å². The Kier molecular flexibility index (Phi) is 12.5. The summed E-state index contributed by atoms with van der Waals surface area (Å²) in [6.45, 7) is 9.79. The highest BCUT2D eigenvalue weighted by Gasteiger charge is 2.44. The van der Waals surface area contributed by atoms with Gasteiger partial charge in [-0.1, -0.05) is 43.5 Å². The van der Waals surface area contributed by atoms with Crippen LogP contribution in [0.3, 0.4) is 0 Å². The molecule has 4 amide bonds. The quantitative estimate of drug-likeness (QED) is 0.320. The number of hydrogen-bond acceptors (Lipinski definition) is 8. The number of piperidine rings is 2. The third-order valence-electron chi connectivity index (χ3n) is 12.5. The van der Waals surface area contributed by atoms with E-state index in [0.29, 0.717) is 74.3 Å². The van der Waals surface area contributed by atoms with E-state index >= 15 is 4.39 Å². The number of alkyl carbamates (subject to hydrolysis) is 1. The number of fused-ring (bicyclic) bond motifs is 1. The van der Waals surface area contributed by atoms with Gasteiger partial charge in [0, 0.05) is 63.0 Å². The lowest BCUT2D eigenvalue weighted by Crippen LogP contribution is -2.59. The molecule has 3 aliphatic heterocycles. The number of carbonyl (C=O) groups excluding carboxylic acids is 4. The Morgan fingerprint density at radius 2 is 1.57 bits per heavy atom. The SMILES string of the molecule is CC(C)(C)OC(=O)N[C@@H](C(=O)N1CCC[C@]2(CCCN(CC(=O)N3CCN(C(=O)c4cc(Cc5n[nH]c(=O)c6ccccc56)ccc4F)CC3)C2)C1)C1CCCCC1. The normalized spacial score (nSPS) is 21.6. The number of piperazine rings is 1. The monoisotopic (exact) mass is 799 g/mol. The summed E-state index contributed by atoms with van der Waals surface area (Å²) >= 11 is 0. The Hall–Kier alpha value is -4.85. The number of nitrogens with zero attached hydrogens (tertiary/aromatic N) is 5. The molecule has 13 nitrogen and oxygen atoms in total. The summed E-state index contributed by atoms with van der Waals surface area (Å²) in [5.74, 6) is -0.979. The number of benzene rings is 2. The Morgan fingerprint density at radius 1 is 0.879 bits per heavy atom. The van der Waals surface area contributed by atoms with Gasteiger partial charge in [0.1, 0.15) is 17.5 Å². The van der Waals surface area contributed by atoms with Crippen LogP contribution in [0.25, 0.3) is 10.8 Å². The van der Waals surface area contributed by atoms with Gasteiger partial charge in [-0.15, -0.1) is 0 Å². The van der Waals surface area contributed by atoms with Gasteiger partial charge in [-0.2, -0.15) is 5.10 Å². The van der Waals surface area contributed by atoms with Crippen LogP contribution in [-0.2, 0) is 20.7 Å². The molecule has 1 saturated carbocycles. The standard InChI is InChI=1S/C44H58FN7O6/c1-43(2,3)58-42(57)46-38(31-11-5-4-6-12-31)41(56)52-20-10-18-44(29-52)17-9-19-49(28-44)27-37(53)50-21-23-51(24-22-50)40(55)34-25-30(15-16-35(34)45)26-36-32-13-7-8-14-33(32)39(54)48-47-36/h7-8,13-16,25,31,38H,4-6,9-12,17-24,26-29H2,1-3H3,(H,46,57)(H,48,54)/t38-,44+/m1/s1. The van der Waals surface area contributed by atoms with Crippen molar-refractivity contribution >= 4 is 34.6 Å². The first-order chi connectivity index (χ1) is 27.8. The highest BCUT2D eigenvalue weighted by molar-refractivity contribution is 5.95. The van der Waals surface area contributed by atoms with Crippen LogP contribution >= 0.6 is 0 Å². The predicted molar refractivity (Wildman–Crippen MR) is 218 cm³/mol. The van der Waals surface area contributed by atoms with Gasteiger partial charge < -0.3 is 24.8 Å². The minimum Gasteiger partial charge on any atom is -0.444 e. The first kappa shape index (κ1) is 41.3. The summed E-state index contributed by atoms with van der Waals surface area (Å²) in [6, 6.07) is 11.0. The lowest BCUT2D eigenvalue weighted by molar-refractivity contribution is -0.141. The molecular formula is C44H58FN7O6. The van der Waals surface area contributed by atoms with Crippen LogP contribution in [0.15, 0.2) is 47.3 Å².